The Hall–Kier alpha value is -2.18. The lowest BCUT2D eigenvalue weighted by Gasteiger charge is -2.01. The monoisotopic (exact) mass is 317 g/mol. The zero-order chi connectivity index (χ0) is 14.8. The van der Waals surface area contributed by atoms with E-state index in [-0.39, 0.29) is 0 Å². The van der Waals surface area contributed by atoms with Crippen molar-refractivity contribution in [3.63, 3.8) is 0 Å². The van der Waals surface area contributed by atoms with Crippen LogP contribution >= 0.6 is 23.8 Å². The van der Waals surface area contributed by atoms with Crippen molar-refractivity contribution in [3.05, 3.63) is 58.1 Å². The van der Waals surface area contributed by atoms with Gasteiger partial charge >= 0.3 is 0 Å². The molecule has 0 aliphatic heterocycles. The van der Waals surface area contributed by atoms with Crippen molar-refractivity contribution < 1.29 is 0 Å². The molecule has 0 aliphatic carbocycles. The molecule has 0 aliphatic rings. The van der Waals surface area contributed by atoms with E-state index in [0.29, 0.717) is 15.6 Å². The molecule has 0 fully saturated rings. The standard InChI is InChI=1S/C14H12ClN5S/c1-19-8-2-3-12(19)9-16-20-13(17-18-14(20)21)10-4-6-11(15)7-5-10/h2-9H,1H3,(H,18,21). The topological polar surface area (TPSA) is 50.9 Å². The van der Waals surface area contributed by atoms with Gasteiger partial charge in [0.2, 0.25) is 4.77 Å². The molecular weight excluding hydrogens is 306 g/mol. The Morgan fingerprint density at radius 3 is 2.71 bits per heavy atom. The number of nitrogens with zero attached hydrogens (tertiary/aromatic N) is 4. The minimum absolute atomic E-state index is 0.436. The summed E-state index contributed by atoms with van der Waals surface area (Å²) in [6.45, 7) is 0. The van der Waals surface area contributed by atoms with Gasteiger partial charge in [-0.15, -0.1) is 0 Å². The third-order valence-corrected chi connectivity index (χ3v) is 3.56. The van der Waals surface area contributed by atoms with E-state index in [0.717, 1.165) is 11.3 Å². The number of rotatable bonds is 3. The molecule has 0 amide bonds. The van der Waals surface area contributed by atoms with Crippen LogP contribution in [0.25, 0.3) is 11.4 Å². The smallest absolute Gasteiger partial charge is 0.216 e. The summed E-state index contributed by atoms with van der Waals surface area (Å²) in [5.41, 5.74) is 1.86. The summed E-state index contributed by atoms with van der Waals surface area (Å²) in [5, 5.41) is 12.1. The Labute approximate surface area is 131 Å². The molecule has 0 saturated carbocycles. The Morgan fingerprint density at radius 2 is 2.05 bits per heavy atom. The summed E-state index contributed by atoms with van der Waals surface area (Å²) in [5.74, 6) is 0.641. The van der Waals surface area contributed by atoms with Crippen LogP contribution in [0.3, 0.4) is 0 Å². The quantitative estimate of drug-likeness (QED) is 0.594. The second kappa shape index (κ2) is 5.67. The first-order valence-electron chi connectivity index (χ1n) is 6.24. The van der Waals surface area contributed by atoms with Crippen LogP contribution in [0.5, 0.6) is 0 Å². The highest BCUT2D eigenvalue weighted by Crippen LogP contribution is 2.19. The van der Waals surface area contributed by atoms with Crippen LogP contribution in [0, 0.1) is 4.77 Å². The van der Waals surface area contributed by atoms with Gasteiger partial charge in [-0.1, -0.05) is 11.6 Å². The Bertz CT molecular complexity index is 841. The number of nitrogens with one attached hydrogen (secondary N) is 1. The van der Waals surface area contributed by atoms with E-state index in [2.05, 4.69) is 15.3 Å². The summed E-state index contributed by atoms with van der Waals surface area (Å²) < 4.78 is 3.99. The SMILES string of the molecule is Cn1cccc1C=Nn1c(-c2ccc(Cl)cc2)n[nH]c1=S. The van der Waals surface area contributed by atoms with Gasteiger partial charge in [0, 0.05) is 23.8 Å². The largest absolute Gasteiger partial charge is 0.350 e. The molecule has 2 aromatic heterocycles. The molecule has 1 aromatic carbocycles. The normalized spacial score (nSPS) is 11.3. The van der Waals surface area contributed by atoms with Crippen LogP contribution in [-0.4, -0.2) is 25.7 Å². The summed E-state index contributed by atoms with van der Waals surface area (Å²) in [7, 11) is 1.95. The first kappa shape index (κ1) is 13.8. The van der Waals surface area contributed by atoms with Crippen molar-refractivity contribution in [1.82, 2.24) is 19.4 Å². The predicted molar refractivity (Wildman–Crippen MR) is 86.3 cm³/mol. The molecule has 3 rings (SSSR count). The van der Waals surface area contributed by atoms with Crippen LogP contribution in [0.15, 0.2) is 47.7 Å². The maximum Gasteiger partial charge on any atom is 0.216 e. The van der Waals surface area contributed by atoms with E-state index >= 15 is 0 Å². The first-order valence-corrected chi connectivity index (χ1v) is 7.03. The third-order valence-electron chi connectivity index (χ3n) is 3.04. The highest BCUT2D eigenvalue weighted by atomic mass is 35.5. The van der Waals surface area contributed by atoms with Gasteiger partial charge < -0.3 is 4.57 Å². The van der Waals surface area contributed by atoms with Crippen LogP contribution in [-0.2, 0) is 7.05 Å². The second-order valence-electron chi connectivity index (χ2n) is 4.46. The van der Waals surface area contributed by atoms with E-state index in [4.69, 9.17) is 23.8 Å². The minimum Gasteiger partial charge on any atom is -0.350 e. The van der Waals surface area contributed by atoms with Crippen molar-refractivity contribution in [1.29, 1.82) is 0 Å². The average Bonchev–Trinajstić information content (AvgIpc) is 3.04. The van der Waals surface area contributed by atoms with Crippen molar-refractivity contribution in [2.24, 2.45) is 12.1 Å². The van der Waals surface area contributed by atoms with Crippen LogP contribution < -0.4 is 0 Å². The molecule has 0 unspecified atom stereocenters. The number of hydrogen-bond acceptors (Lipinski definition) is 3. The van der Waals surface area contributed by atoms with Crippen molar-refractivity contribution in [3.8, 4) is 11.4 Å². The average molecular weight is 318 g/mol. The molecule has 5 nitrogen and oxygen atoms in total. The second-order valence-corrected chi connectivity index (χ2v) is 5.28. The van der Waals surface area contributed by atoms with Crippen LogP contribution in [0.4, 0.5) is 0 Å². The summed E-state index contributed by atoms with van der Waals surface area (Å²) in [6.07, 6.45) is 3.70. The Kier molecular flexibility index (Phi) is 3.72. The fraction of sp³-hybridized carbons (Fsp3) is 0.0714. The van der Waals surface area contributed by atoms with Crippen LogP contribution in [0.1, 0.15) is 5.69 Å². The van der Waals surface area contributed by atoms with E-state index in [1.807, 2.05) is 42.1 Å². The Balaban J connectivity index is 2.02. The molecule has 2 heterocycles. The fourth-order valence-corrected chi connectivity index (χ4v) is 2.22. The third kappa shape index (κ3) is 2.81. The molecule has 1 N–H and O–H groups in total. The molecular formula is C14H12ClN5S. The number of aryl methyl sites for hydroxylation is 1. The molecule has 0 spiro atoms. The summed E-state index contributed by atoms with van der Waals surface area (Å²) >= 11 is 11.1. The number of halogens is 1. The lowest BCUT2D eigenvalue weighted by molar-refractivity contribution is 0.862. The predicted octanol–water partition coefficient (Wildman–Crippen LogP) is 3.48. The maximum absolute atomic E-state index is 5.90. The number of H-pyrrole nitrogens is 1. The lowest BCUT2D eigenvalue weighted by Crippen LogP contribution is -1.98. The van der Waals surface area contributed by atoms with Gasteiger partial charge in [-0.25, -0.2) is 5.10 Å². The number of hydrogen-bond donors (Lipinski definition) is 1. The number of aromatic nitrogens is 4. The highest BCUT2D eigenvalue weighted by Gasteiger charge is 2.07. The van der Waals surface area contributed by atoms with Gasteiger partial charge in [-0.3, -0.25) is 0 Å². The van der Waals surface area contributed by atoms with E-state index < -0.39 is 0 Å². The molecule has 0 saturated heterocycles. The summed E-state index contributed by atoms with van der Waals surface area (Å²) in [4.78, 5) is 0. The van der Waals surface area contributed by atoms with Crippen molar-refractivity contribution in [2.75, 3.05) is 0 Å². The Morgan fingerprint density at radius 1 is 1.29 bits per heavy atom. The van der Waals surface area contributed by atoms with Gasteiger partial charge in [-0.05, 0) is 48.6 Å². The number of benzene rings is 1. The molecule has 21 heavy (non-hydrogen) atoms. The van der Waals surface area contributed by atoms with Crippen molar-refractivity contribution >= 4 is 30.0 Å². The highest BCUT2D eigenvalue weighted by molar-refractivity contribution is 7.71. The van der Waals surface area contributed by atoms with Crippen molar-refractivity contribution in [2.45, 2.75) is 0 Å². The molecule has 0 radical (unpaired) electrons. The molecule has 7 heteroatoms. The summed E-state index contributed by atoms with van der Waals surface area (Å²) in [6, 6.07) is 11.3. The number of aromatic amines is 1. The van der Waals surface area contributed by atoms with Gasteiger partial charge in [0.1, 0.15) is 0 Å². The van der Waals surface area contributed by atoms with Gasteiger partial charge in [0.05, 0.1) is 11.9 Å². The molecule has 3 aromatic rings. The first-order chi connectivity index (χ1) is 10.1. The maximum atomic E-state index is 5.90. The van der Waals surface area contributed by atoms with Gasteiger partial charge in [0.25, 0.3) is 0 Å². The van der Waals surface area contributed by atoms with E-state index in [1.165, 1.54) is 0 Å². The van der Waals surface area contributed by atoms with E-state index in [9.17, 15) is 0 Å². The van der Waals surface area contributed by atoms with Gasteiger partial charge in [-0.2, -0.15) is 14.9 Å². The van der Waals surface area contributed by atoms with Crippen LogP contribution in [0.2, 0.25) is 5.02 Å². The minimum atomic E-state index is 0.436. The van der Waals surface area contributed by atoms with Gasteiger partial charge in [0.15, 0.2) is 5.82 Å². The zero-order valence-corrected chi connectivity index (χ0v) is 12.8. The molecule has 0 atom stereocenters. The fourth-order valence-electron chi connectivity index (χ4n) is 1.91. The molecule has 0 bridgehead atoms. The lowest BCUT2D eigenvalue weighted by atomic mass is 10.2. The molecule has 106 valence electrons. The van der Waals surface area contributed by atoms with E-state index in [1.54, 1.807) is 23.0 Å². The zero-order valence-electron chi connectivity index (χ0n) is 11.2.